The molecule has 0 saturated heterocycles. The van der Waals surface area contributed by atoms with Gasteiger partial charge in [0.05, 0.1) is 27.2 Å². The van der Waals surface area contributed by atoms with Gasteiger partial charge in [0.2, 0.25) is 0 Å². The highest BCUT2D eigenvalue weighted by Crippen LogP contribution is 2.60. The van der Waals surface area contributed by atoms with Crippen LogP contribution >= 0.6 is 11.8 Å². The lowest BCUT2D eigenvalue weighted by molar-refractivity contribution is -0.888. The van der Waals surface area contributed by atoms with Crippen molar-refractivity contribution < 1.29 is 61.6 Å². The molecule has 0 unspecified atom stereocenters. The van der Waals surface area contributed by atoms with Crippen molar-refractivity contribution in [3.63, 3.8) is 0 Å². The summed E-state index contributed by atoms with van der Waals surface area (Å²) in [4.78, 5) is 0. The average molecular weight is 508 g/mol. The number of thioether (sulfide) groups is 1. The van der Waals surface area contributed by atoms with Crippen LogP contribution in [0.4, 0.5) is 57.1 Å². The van der Waals surface area contributed by atoms with Gasteiger partial charge in [0.25, 0.3) is 0 Å². The second-order valence-corrected chi connectivity index (χ2v) is 8.82. The molecule has 15 heteroatoms. The zero-order chi connectivity index (χ0) is 25.2. The first-order valence-electron chi connectivity index (χ1n) is 8.87. The van der Waals surface area contributed by atoms with Crippen molar-refractivity contribution in [3.8, 4) is 0 Å². The standard InChI is InChI=1S/C16H23F13NS/c1-4-5-7-30(2,3)8-10-31-9-6-11(17,18)12(19,20)13(21,22)14(23,24)15(25,26)16(27,28)29/h4-10H2,1-3H3/q+1. The Hall–Kier alpha value is -0.600. The second-order valence-electron chi connectivity index (χ2n) is 7.60. The van der Waals surface area contributed by atoms with Crippen molar-refractivity contribution in [2.75, 3.05) is 38.7 Å². The molecule has 188 valence electrons. The SMILES string of the molecule is CCCC[N+](C)(C)CCSCCC(F)(F)C(F)(F)C(F)(F)C(F)(F)C(F)(F)C(F)(F)F. The zero-order valence-electron chi connectivity index (χ0n) is 16.7. The van der Waals surface area contributed by atoms with Crippen LogP contribution in [0, 0.1) is 0 Å². The fourth-order valence-corrected chi connectivity index (χ4v) is 3.50. The van der Waals surface area contributed by atoms with Gasteiger partial charge in [-0.25, -0.2) is 0 Å². The fraction of sp³-hybridized carbons (Fsp3) is 1.00. The zero-order valence-corrected chi connectivity index (χ0v) is 17.5. The van der Waals surface area contributed by atoms with Crippen LogP contribution in [0.3, 0.4) is 0 Å². The Morgan fingerprint density at radius 2 is 1.06 bits per heavy atom. The van der Waals surface area contributed by atoms with Crippen LogP contribution in [0.1, 0.15) is 26.2 Å². The predicted molar refractivity (Wildman–Crippen MR) is 89.5 cm³/mol. The molecule has 1 nitrogen and oxygen atoms in total. The van der Waals surface area contributed by atoms with Gasteiger partial charge < -0.3 is 4.48 Å². The molecular formula is C16H23F13NS+. The topological polar surface area (TPSA) is 0 Å². The van der Waals surface area contributed by atoms with Gasteiger partial charge in [0.15, 0.2) is 0 Å². The van der Waals surface area contributed by atoms with Crippen molar-refractivity contribution in [1.29, 1.82) is 0 Å². The first-order valence-corrected chi connectivity index (χ1v) is 10.0. The Bertz CT molecular complexity index is 572. The van der Waals surface area contributed by atoms with Gasteiger partial charge in [-0.05, 0) is 12.2 Å². The van der Waals surface area contributed by atoms with E-state index in [0.717, 1.165) is 12.8 Å². The molecule has 0 heterocycles. The van der Waals surface area contributed by atoms with E-state index in [9.17, 15) is 57.1 Å². The molecule has 0 aliphatic carbocycles. The largest absolute Gasteiger partial charge is 0.460 e. The summed E-state index contributed by atoms with van der Waals surface area (Å²) in [5, 5.41) is 0. The van der Waals surface area contributed by atoms with Crippen molar-refractivity contribution in [2.24, 2.45) is 0 Å². The van der Waals surface area contributed by atoms with Crippen LogP contribution in [-0.2, 0) is 0 Å². The number of unbranched alkanes of at least 4 members (excludes halogenated alkanes) is 1. The molecule has 0 saturated carbocycles. The van der Waals surface area contributed by atoms with Gasteiger partial charge in [-0.2, -0.15) is 68.8 Å². The lowest BCUT2D eigenvalue weighted by Crippen LogP contribution is -2.70. The second kappa shape index (κ2) is 9.72. The van der Waals surface area contributed by atoms with Gasteiger partial charge in [-0.15, -0.1) is 0 Å². The van der Waals surface area contributed by atoms with Crippen LogP contribution in [0.15, 0.2) is 0 Å². The van der Waals surface area contributed by atoms with Gasteiger partial charge in [-0.1, -0.05) is 13.3 Å². The third-order valence-corrected chi connectivity index (χ3v) is 5.48. The molecule has 0 aromatic carbocycles. The molecule has 0 aromatic heterocycles. The van der Waals surface area contributed by atoms with Crippen LogP contribution in [0.5, 0.6) is 0 Å². The molecule has 0 aliphatic rings. The summed E-state index contributed by atoms with van der Waals surface area (Å²) in [6, 6.07) is 0. The summed E-state index contributed by atoms with van der Waals surface area (Å²) >= 11 is 0.595. The number of rotatable bonds is 13. The fourth-order valence-electron chi connectivity index (χ4n) is 2.27. The quantitative estimate of drug-likeness (QED) is 0.151. The van der Waals surface area contributed by atoms with E-state index in [4.69, 9.17) is 0 Å². The monoisotopic (exact) mass is 508 g/mol. The van der Waals surface area contributed by atoms with Gasteiger partial charge >= 0.3 is 35.8 Å². The van der Waals surface area contributed by atoms with E-state index >= 15 is 0 Å². The summed E-state index contributed by atoms with van der Waals surface area (Å²) in [7, 11) is 3.56. The van der Waals surface area contributed by atoms with Crippen LogP contribution in [-0.4, -0.2) is 79.0 Å². The Labute approximate surface area is 174 Å². The summed E-state index contributed by atoms with van der Waals surface area (Å²) in [6.45, 7) is 2.97. The highest BCUT2D eigenvalue weighted by molar-refractivity contribution is 7.99. The Kier molecular flexibility index (Phi) is 9.53. The van der Waals surface area contributed by atoms with Gasteiger partial charge in [0, 0.05) is 12.2 Å². The van der Waals surface area contributed by atoms with Crippen LogP contribution in [0.2, 0.25) is 0 Å². The molecule has 0 amide bonds. The molecule has 0 aromatic rings. The lowest BCUT2D eigenvalue weighted by atomic mass is 9.93. The van der Waals surface area contributed by atoms with E-state index in [1.165, 1.54) is 0 Å². The molecule has 0 rings (SSSR count). The van der Waals surface area contributed by atoms with Crippen molar-refractivity contribution in [3.05, 3.63) is 0 Å². The third-order valence-electron chi connectivity index (χ3n) is 4.52. The maximum absolute atomic E-state index is 13.6. The molecule has 31 heavy (non-hydrogen) atoms. The van der Waals surface area contributed by atoms with E-state index in [1.54, 1.807) is 14.1 Å². The summed E-state index contributed by atoms with van der Waals surface area (Å²) < 4.78 is 169. The molecule has 0 fully saturated rings. The third kappa shape index (κ3) is 6.26. The first-order chi connectivity index (χ1) is 13.5. The Morgan fingerprint density at radius 3 is 1.48 bits per heavy atom. The normalized spacial score (nSPS) is 15.5. The van der Waals surface area contributed by atoms with Crippen molar-refractivity contribution in [2.45, 2.75) is 62.0 Å². The smallest absolute Gasteiger partial charge is 0.328 e. The molecule has 0 spiro atoms. The molecule has 0 N–H and O–H groups in total. The van der Waals surface area contributed by atoms with E-state index in [0.29, 0.717) is 29.3 Å². The Balaban J connectivity index is 5.30. The summed E-state index contributed by atoms with van der Waals surface area (Å²) in [5.74, 6) is -37.2. The average Bonchev–Trinajstić information content (AvgIpc) is 2.57. The number of hydrogen-bond acceptors (Lipinski definition) is 1. The molecule has 0 radical (unpaired) electrons. The predicted octanol–water partition coefficient (Wildman–Crippen LogP) is 6.73. The van der Waals surface area contributed by atoms with Crippen molar-refractivity contribution in [1.82, 2.24) is 0 Å². The minimum atomic E-state index is -7.83. The maximum atomic E-state index is 13.6. The first kappa shape index (κ1) is 30.4. The van der Waals surface area contributed by atoms with E-state index in [2.05, 4.69) is 0 Å². The molecular weight excluding hydrogens is 485 g/mol. The number of alkyl halides is 13. The maximum Gasteiger partial charge on any atom is 0.460 e. The van der Waals surface area contributed by atoms with Crippen LogP contribution in [0.25, 0.3) is 0 Å². The van der Waals surface area contributed by atoms with E-state index < -0.39 is 48.0 Å². The molecule has 0 atom stereocenters. The van der Waals surface area contributed by atoms with E-state index in [1.807, 2.05) is 6.92 Å². The van der Waals surface area contributed by atoms with Crippen molar-refractivity contribution >= 4 is 11.8 Å². The number of quaternary nitrogens is 1. The minimum absolute atomic E-state index is 0.0943. The number of hydrogen-bond donors (Lipinski definition) is 0. The minimum Gasteiger partial charge on any atom is -0.328 e. The molecule has 0 bridgehead atoms. The highest BCUT2D eigenvalue weighted by atomic mass is 32.2. The summed E-state index contributed by atoms with van der Waals surface area (Å²) in [6.07, 6.45) is -7.84. The number of nitrogens with zero attached hydrogens (tertiary/aromatic N) is 1. The van der Waals surface area contributed by atoms with Gasteiger partial charge in [-0.3, -0.25) is 0 Å². The highest BCUT2D eigenvalue weighted by Gasteiger charge is 2.90. The Morgan fingerprint density at radius 1 is 0.613 bits per heavy atom. The lowest BCUT2D eigenvalue weighted by Gasteiger charge is -2.39. The summed E-state index contributed by atoms with van der Waals surface area (Å²) in [5.41, 5.74) is 0. The van der Waals surface area contributed by atoms with Crippen LogP contribution < -0.4 is 0 Å². The number of halogens is 13. The molecule has 0 aliphatic heterocycles. The van der Waals surface area contributed by atoms with E-state index in [-0.39, 0.29) is 5.75 Å². The van der Waals surface area contributed by atoms with Gasteiger partial charge in [0.1, 0.15) is 0 Å².